The molecule has 0 unspecified atom stereocenters. The summed E-state index contributed by atoms with van der Waals surface area (Å²) >= 11 is 0. The fourth-order valence-corrected chi connectivity index (χ4v) is 8.70. The largest absolute Gasteiger partial charge is 0.456 e. The molecule has 10 aromatic carbocycles. The van der Waals surface area contributed by atoms with E-state index in [9.17, 15) is 0 Å². The first-order valence-electron chi connectivity index (χ1n) is 19.3. The van der Waals surface area contributed by atoms with Gasteiger partial charge in [-0.15, -0.1) is 0 Å². The minimum absolute atomic E-state index is 0.589. The van der Waals surface area contributed by atoms with Crippen LogP contribution in [0.3, 0.4) is 0 Å². The molecule has 0 amide bonds. The van der Waals surface area contributed by atoms with Crippen LogP contribution in [0, 0.1) is 0 Å². The maximum Gasteiger partial charge on any atom is 0.164 e. The molecule has 0 aliphatic carbocycles. The fourth-order valence-electron chi connectivity index (χ4n) is 8.70. The van der Waals surface area contributed by atoms with E-state index in [0.717, 1.165) is 60.5 Å². The SMILES string of the molecule is c1ccc2cc(-c3cc(-c4nc(-c5ccc6ccccc6c5)nc(-c5ccc6c7ccccc7c7ccccc7c6c5)n4)c4c(c3)oc3ccccc34)ccc2c1. The molecule has 57 heavy (non-hydrogen) atoms. The zero-order chi connectivity index (χ0) is 37.5. The molecule has 4 nitrogen and oxygen atoms in total. The summed E-state index contributed by atoms with van der Waals surface area (Å²) in [6, 6.07) is 66.4. The number of nitrogens with zero attached hydrogens (tertiary/aromatic N) is 3. The second-order valence-corrected chi connectivity index (χ2v) is 14.8. The predicted octanol–water partition coefficient (Wildman–Crippen LogP) is 14.2. The van der Waals surface area contributed by atoms with Crippen molar-refractivity contribution in [2.45, 2.75) is 0 Å². The summed E-state index contributed by atoms with van der Waals surface area (Å²) in [5.74, 6) is 1.81. The number of benzene rings is 10. The van der Waals surface area contributed by atoms with Crippen molar-refractivity contribution in [3.05, 3.63) is 188 Å². The lowest BCUT2D eigenvalue weighted by Crippen LogP contribution is -2.01. The van der Waals surface area contributed by atoms with Crippen molar-refractivity contribution in [3.8, 4) is 45.3 Å². The first-order valence-corrected chi connectivity index (χ1v) is 19.3. The average molecular weight is 726 g/mol. The van der Waals surface area contributed by atoms with Crippen molar-refractivity contribution in [2.24, 2.45) is 0 Å². The molecule has 2 heterocycles. The van der Waals surface area contributed by atoms with Crippen molar-refractivity contribution < 1.29 is 4.42 Å². The highest BCUT2D eigenvalue weighted by atomic mass is 16.3. The Morgan fingerprint density at radius 2 is 0.754 bits per heavy atom. The number of aromatic nitrogens is 3. The monoisotopic (exact) mass is 725 g/mol. The lowest BCUT2D eigenvalue weighted by atomic mass is 9.93. The molecule has 0 radical (unpaired) electrons. The zero-order valence-corrected chi connectivity index (χ0v) is 30.6. The minimum atomic E-state index is 0.589. The molecule has 0 bridgehead atoms. The lowest BCUT2D eigenvalue weighted by Gasteiger charge is -2.13. The van der Waals surface area contributed by atoms with Gasteiger partial charge < -0.3 is 4.42 Å². The van der Waals surface area contributed by atoms with E-state index in [0.29, 0.717) is 17.5 Å². The van der Waals surface area contributed by atoms with Crippen molar-refractivity contribution in [3.63, 3.8) is 0 Å². The van der Waals surface area contributed by atoms with Crippen LogP contribution in [0.15, 0.2) is 192 Å². The van der Waals surface area contributed by atoms with E-state index in [2.05, 4.69) is 176 Å². The van der Waals surface area contributed by atoms with E-state index < -0.39 is 0 Å². The van der Waals surface area contributed by atoms with E-state index in [4.69, 9.17) is 19.4 Å². The van der Waals surface area contributed by atoms with Gasteiger partial charge in [0.25, 0.3) is 0 Å². The third-order valence-electron chi connectivity index (χ3n) is 11.4. The molecule has 12 aromatic rings. The Kier molecular flexibility index (Phi) is 6.89. The lowest BCUT2D eigenvalue weighted by molar-refractivity contribution is 0.669. The molecule has 12 rings (SSSR count). The highest BCUT2D eigenvalue weighted by Gasteiger charge is 2.21. The van der Waals surface area contributed by atoms with Crippen LogP contribution in [0.5, 0.6) is 0 Å². The maximum absolute atomic E-state index is 6.60. The molecule has 0 saturated carbocycles. The van der Waals surface area contributed by atoms with E-state index in [-0.39, 0.29) is 0 Å². The molecule has 4 heteroatoms. The second-order valence-electron chi connectivity index (χ2n) is 14.8. The predicted molar refractivity (Wildman–Crippen MR) is 236 cm³/mol. The Bertz CT molecular complexity index is 3570. The summed E-state index contributed by atoms with van der Waals surface area (Å²) in [5.41, 5.74) is 6.47. The van der Waals surface area contributed by atoms with Crippen molar-refractivity contribution in [1.82, 2.24) is 15.0 Å². The van der Waals surface area contributed by atoms with Crippen molar-refractivity contribution in [1.29, 1.82) is 0 Å². The van der Waals surface area contributed by atoms with E-state index >= 15 is 0 Å². The normalized spacial score (nSPS) is 11.9. The van der Waals surface area contributed by atoms with Gasteiger partial charge in [-0.05, 0) is 101 Å². The Morgan fingerprint density at radius 1 is 0.281 bits per heavy atom. The van der Waals surface area contributed by atoms with Gasteiger partial charge in [-0.25, -0.2) is 15.0 Å². The van der Waals surface area contributed by atoms with Crippen LogP contribution in [-0.4, -0.2) is 15.0 Å². The Morgan fingerprint density at radius 3 is 1.42 bits per heavy atom. The second kappa shape index (κ2) is 12.4. The summed E-state index contributed by atoms with van der Waals surface area (Å²) in [4.78, 5) is 15.9. The third-order valence-corrected chi connectivity index (χ3v) is 11.4. The Labute approximate surface area is 327 Å². The summed E-state index contributed by atoms with van der Waals surface area (Å²) in [5, 5.41) is 13.9. The smallest absolute Gasteiger partial charge is 0.164 e. The molecule has 0 aliphatic rings. The van der Waals surface area contributed by atoms with E-state index in [1.54, 1.807) is 0 Å². The van der Waals surface area contributed by atoms with E-state index in [1.807, 2.05) is 12.1 Å². The molecular formula is C53H31N3O. The van der Waals surface area contributed by atoms with Crippen LogP contribution in [0.1, 0.15) is 0 Å². The van der Waals surface area contributed by atoms with Crippen molar-refractivity contribution in [2.75, 3.05) is 0 Å². The van der Waals surface area contributed by atoms with Crippen LogP contribution in [-0.2, 0) is 0 Å². The molecule has 0 fully saturated rings. The topological polar surface area (TPSA) is 51.8 Å². The number of para-hydroxylation sites is 1. The molecule has 0 aliphatic heterocycles. The van der Waals surface area contributed by atoms with Crippen LogP contribution in [0.2, 0.25) is 0 Å². The number of furan rings is 1. The van der Waals surface area contributed by atoms with Crippen LogP contribution in [0.4, 0.5) is 0 Å². The summed E-state index contributed by atoms with van der Waals surface area (Å²) < 4.78 is 6.60. The van der Waals surface area contributed by atoms with Crippen LogP contribution >= 0.6 is 0 Å². The minimum Gasteiger partial charge on any atom is -0.456 e. The third kappa shape index (κ3) is 5.12. The van der Waals surface area contributed by atoms with Gasteiger partial charge in [-0.3, -0.25) is 0 Å². The number of rotatable bonds is 4. The number of fused-ring (bicyclic) bond motifs is 11. The van der Waals surface area contributed by atoms with Gasteiger partial charge >= 0.3 is 0 Å². The first-order chi connectivity index (χ1) is 28.2. The van der Waals surface area contributed by atoms with Crippen molar-refractivity contribution >= 4 is 75.8 Å². The molecule has 0 saturated heterocycles. The van der Waals surface area contributed by atoms with Crippen LogP contribution < -0.4 is 0 Å². The van der Waals surface area contributed by atoms with Crippen LogP contribution in [0.25, 0.3) is 121 Å². The summed E-state index contributed by atoms with van der Waals surface area (Å²) in [7, 11) is 0. The van der Waals surface area contributed by atoms with Gasteiger partial charge in [0, 0.05) is 27.5 Å². The number of hydrogen-bond donors (Lipinski definition) is 0. The molecule has 2 aromatic heterocycles. The zero-order valence-electron chi connectivity index (χ0n) is 30.6. The Balaban J connectivity index is 1.15. The van der Waals surface area contributed by atoms with Gasteiger partial charge in [0.15, 0.2) is 17.5 Å². The van der Waals surface area contributed by atoms with E-state index in [1.165, 1.54) is 43.1 Å². The standard InChI is InChI=1S/C53H31N3O/c1-3-13-34-27-36(23-21-32(34)11-1)39-30-47(50-45-19-9-10-20-48(45)57-49(50)31-39)53-55-51(37-24-22-33-12-2-4-14-35(33)28-37)54-52(56-53)38-25-26-44-42-17-6-5-15-40(42)41-16-7-8-18-43(41)46(44)29-38/h1-31H. The molecule has 0 atom stereocenters. The molecular weight excluding hydrogens is 695 g/mol. The molecule has 264 valence electrons. The van der Waals surface area contributed by atoms with Gasteiger partial charge in [0.2, 0.25) is 0 Å². The summed E-state index contributed by atoms with van der Waals surface area (Å²) in [6.45, 7) is 0. The summed E-state index contributed by atoms with van der Waals surface area (Å²) in [6.07, 6.45) is 0. The van der Waals surface area contributed by atoms with Gasteiger partial charge in [-0.1, -0.05) is 152 Å². The molecule has 0 N–H and O–H groups in total. The van der Waals surface area contributed by atoms with Gasteiger partial charge in [0.1, 0.15) is 11.2 Å². The maximum atomic E-state index is 6.60. The highest BCUT2D eigenvalue weighted by Crippen LogP contribution is 2.41. The van der Waals surface area contributed by atoms with Gasteiger partial charge in [-0.2, -0.15) is 0 Å². The Hall–Kier alpha value is -7.69. The fraction of sp³-hybridized carbons (Fsp3) is 0. The average Bonchev–Trinajstić information content (AvgIpc) is 3.67. The number of hydrogen-bond acceptors (Lipinski definition) is 4. The highest BCUT2D eigenvalue weighted by molar-refractivity contribution is 6.25. The van der Waals surface area contributed by atoms with Gasteiger partial charge in [0.05, 0.1) is 0 Å². The molecule has 0 spiro atoms. The first kappa shape index (κ1) is 31.6. The quantitative estimate of drug-likeness (QED) is 0.170.